The second-order valence-corrected chi connectivity index (χ2v) is 4.43. The number of anilines is 1. The summed E-state index contributed by atoms with van der Waals surface area (Å²) < 4.78 is 5.33. The van der Waals surface area contributed by atoms with Gasteiger partial charge < -0.3 is 15.0 Å². The SMILES string of the molecule is COc1nccc2c(N3CCNCC3)cccc12. The van der Waals surface area contributed by atoms with E-state index in [4.69, 9.17) is 4.74 Å². The third-order valence-electron chi connectivity index (χ3n) is 3.40. The molecule has 2 heterocycles. The van der Waals surface area contributed by atoms with Gasteiger partial charge in [-0.2, -0.15) is 0 Å². The summed E-state index contributed by atoms with van der Waals surface area (Å²) in [6.45, 7) is 4.17. The van der Waals surface area contributed by atoms with Crippen molar-refractivity contribution in [1.29, 1.82) is 0 Å². The summed E-state index contributed by atoms with van der Waals surface area (Å²) in [5.41, 5.74) is 1.27. The number of fused-ring (bicyclic) bond motifs is 1. The molecule has 1 aromatic heterocycles. The van der Waals surface area contributed by atoms with Gasteiger partial charge >= 0.3 is 0 Å². The molecule has 1 aliphatic heterocycles. The lowest BCUT2D eigenvalue weighted by molar-refractivity contribution is 0.403. The van der Waals surface area contributed by atoms with E-state index in [-0.39, 0.29) is 0 Å². The van der Waals surface area contributed by atoms with Crippen LogP contribution in [0.15, 0.2) is 30.5 Å². The van der Waals surface area contributed by atoms with Crippen LogP contribution in [0.25, 0.3) is 10.8 Å². The number of nitrogens with one attached hydrogen (secondary N) is 1. The Morgan fingerprint density at radius 2 is 2.00 bits per heavy atom. The molecule has 1 aliphatic rings. The number of aromatic nitrogens is 1. The number of piperazine rings is 1. The van der Waals surface area contributed by atoms with Crippen molar-refractivity contribution in [1.82, 2.24) is 10.3 Å². The number of rotatable bonds is 2. The topological polar surface area (TPSA) is 37.4 Å². The van der Waals surface area contributed by atoms with Crippen molar-refractivity contribution in [3.63, 3.8) is 0 Å². The van der Waals surface area contributed by atoms with Crippen LogP contribution < -0.4 is 15.0 Å². The van der Waals surface area contributed by atoms with Crippen molar-refractivity contribution in [3.05, 3.63) is 30.5 Å². The van der Waals surface area contributed by atoms with E-state index < -0.39 is 0 Å². The molecule has 0 spiro atoms. The van der Waals surface area contributed by atoms with Crippen LogP contribution in [0.5, 0.6) is 5.88 Å². The zero-order valence-electron chi connectivity index (χ0n) is 10.5. The Morgan fingerprint density at radius 3 is 2.78 bits per heavy atom. The Labute approximate surface area is 107 Å². The molecule has 0 bridgehead atoms. The van der Waals surface area contributed by atoms with E-state index in [1.165, 1.54) is 11.1 Å². The van der Waals surface area contributed by atoms with Crippen LogP contribution >= 0.6 is 0 Å². The highest BCUT2D eigenvalue weighted by Crippen LogP contribution is 2.31. The van der Waals surface area contributed by atoms with E-state index in [0.717, 1.165) is 31.6 Å². The van der Waals surface area contributed by atoms with Gasteiger partial charge in [-0.3, -0.25) is 0 Å². The number of hydrogen-bond donors (Lipinski definition) is 1. The monoisotopic (exact) mass is 243 g/mol. The first kappa shape index (κ1) is 11.3. The Hall–Kier alpha value is -1.81. The molecule has 3 rings (SSSR count). The van der Waals surface area contributed by atoms with Gasteiger partial charge in [0.15, 0.2) is 0 Å². The summed E-state index contributed by atoms with van der Waals surface area (Å²) in [4.78, 5) is 6.67. The van der Waals surface area contributed by atoms with E-state index in [9.17, 15) is 0 Å². The largest absolute Gasteiger partial charge is 0.481 e. The highest BCUT2D eigenvalue weighted by molar-refractivity contribution is 5.97. The van der Waals surface area contributed by atoms with Crippen molar-refractivity contribution in [2.24, 2.45) is 0 Å². The number of ether oxygens (including phenoxy) is 1. The third-order valence-corrected chi connectivity index (χ3v) is 3.40. The molecule has 0 unspecified atom stereocenters. The molecule has 1 aromatic carbocycles. The highest BCUT2D eigenvalue weighted by atomic mass is 16.5. The number of methoxy groups -OCH3 is 1. The number of hydrogen-bond acceptors (Lipinski definition) is 4. The molecular weight excluding hydrogens is 226 g/mol. The molecule has 4 nitrogen and oxygen atoms in total. The zero-order valence-corrected chi connectivity index (χ0v) is 10.5. The normalized spacial score (nSPS) is 15.9. The van der Waals surface area contributed by atoms with Gasteiger partial charge in [0.05, 0.1) is 7.11 Å². The smallest absolute Gasteiger partial charge is 0.221 e. The summed E-state index contributed by atoms with van der Waals surface area (Å²) in [6, 6.07) is 8.37. The first-order valence-electron chi connectivity index (χ1n) is 6.27. The Balaban J connectivity index is 2.11. The van der Waals surface area contributed by atoms with Crippen LogP contribution in [-0.2, 0) is 0 Å². The molecule has 0 amide bonds. The predicted molar refractivity (Wildman–Crippen MR) is 73.4 cm³/mol. The fourth-order valence-corrected chi connectivity index (χ4v) is 2.51. The van der Waals surface area contributed by atoms with E-state index in [1.54, 1.807) is 7.11 Å². The molecular formula is C14H17N3O. The van der Waals surface area contributed by atoms with E-state index in [2.05, 4.69) is 39.5 Å². The molecule has 94 valence electrons. The third kappa shape index (κ3) is 1.88. The van der Waals surface area contributed by atoms with Crippen LogP contribution in [0.4, 0.5) is 5.69 Å². The Bertz CT molecular complexity index is 550. The zero-order chi connectivity index (χ0) is 12.4. The van der Waals surface area contributed by atoms with Crippen molar-refractivity contribution < 1.29 is 4.74 Å². The standard InChI is InChI=1S/C14H17N3O/c1-18-14-12-3-2-4-13(11(12)5-6-16-14)17-9-7-15-8-10-17/h2-6,15H,7-10H2,1H3. The summed E-state index contributed by atoms with van der Waals surface area (Å²) in [6.07, 6.45) is 1.81. The first-order valence-corrected chi connectivity index (χ1v) is 6.27. The van der Waals surface area contributed by atoms with Crippen LogP contribution in [0, 0.1) is 0 Å². The lowest BCUT2D eigenvalue weighted by Gasteiger charge is -2.30. The van der Waals surface area contributed by atoms with Gasteiger partial charge in [0.1, 0.15) is 0 Å². The lowest BCUT2D eigenvalue weighted by atomic mass is 10.1. The quantitative estimate of drug-likeness (QED) is 0.870. The minimum Gasteiger partial charge on any atom is -0.481 e. The van der Waals surface area contributed by atoms with Gasteiger partial charge in [-0.05, 0) is 18.2 Å². The Kier molecular flexibility index (Phi) is 3.02. The molecule has 4 heteroatoms. The fraction of sp³-hybridized carbons (Fsp3) is 0.357. The summed E-state index contributed by atoms with van der Waals surface area (Å²) >= 11 is 0. The van der Waals surface area contributed by atoms with Gasteiger partial charge in [-0.25, -0.2) is 4.98 Å². The maximum atomic E-state index is 5.33. The van der Waals surface area contributed by atoms with E-state index in [1.807, 2.05) is 6.20 Å². The summed E-state index contributed by atoms with van der Waals surface area (Å²) in [5.74, 6) is 0.699. The minimum absolute atomic E-state index is 0.699. The van der Waals surface area contributed by atoms with Crippen LogP contribution in [-0.4, -0.2) is 38.3 Å². The maximum absolute atomic E-state index is 5.33. The number of benzene rings is 1. The summed E-state index contributed by atoms with van der Waals surface area (Å²) in [5, 5.41) is 5.67. The molecule has 1 saturated heterocycles. The van der Waals surface area contributed by atoms with Crippen molar-refractivity contribution in [3.8, 4) is 5.88 Å². The molecule has 1 N–H and O–H groups in total. The van der Waals surface area contributed by atoms with Gasteiger partial charge in [-0.1, -0.05) is 6.07 Å². The molecule has 0 atom stereocenters. The maximum Gasteiger partial charge on any atom is 0.221 e. The first-order chi connectivity index (χ1) is 8.90. The van der Waals surface area contributed by atoms with Gasteiger partial charge in [0.2, 0.25) is 5.88 Å². The number of nitrogens with zero attached hydrogens (tertiary/aromatic N) is 2. The molecule has 0 aliphatic carbocycles. The average molecular weight is 243 g/mol. The molecule has 1 fully saturated rings. The minimum atomic E-state index is 0.699. The average Bonchev–Trinajstić information content (AvgIpc) is 2.47. The van der Waals surface area contributed by atoms with Gasteiger partial charge in [0.25, 0.3) is 0 Å². The van der Waals surface area contributed by atoms with Crippen LogP contribution in [0.1, 0.15) is 0 Å². The second-order valence-electron chi connectivity index (χ2n) is 4.43. The molecule has 0 radical (unpaired) electrons. The van der Waals surface area contributed by atoms with Crippen LogP contribution in [0.3, 0.4) is 0 Å². The Morgan fingerprint density at radius 1 is 1.17 bits per heavy atom. The highest BCUT2D eigenvalue weighted by Gasteiger charge is 2.14. The summed E-state index contributed by atoms with van der Waals surface area (Å²) in [7, 11) is 1.67. The van der Waals surface area contributed by atoms with Crippen LogP contribution in [0.2, 0.25) is 0 Å². The second kappa shape index (κ2) is 4.82. The van der Waals surface area contributed by atoms with Crippen molar-refractivity contribution in [2.45, 2.75) is 0 Å². The molecule has 0 saturated carbocycles. The number of pyridine rings is 1. The van der Waals surface area contributed by atoms with E-state index in [0.29, 0.717) is 5.88 Å². The predicted octanol–water partition coefficient (Wildman–Crippen LogP) is 1.65. The van der Waals surface area contributed by atoms with Crippen molar-refractivity contribution in [2.75, 3.05) is 38.2 Å². The lowest BCUT2D eigenvalue weighted by Crippen LogP contribution is -2.43. The fourth-order valence-electron chi connectivity index (χ4n) is 2.51. The van der Waals surface area contributed by atoms with Crippen molar-refractivity contribution >= 4 is 16.5 Å². The molecule has 18 heavy (non-hydrogen) atoms. The van der Waals surface area contributed by atoms with E-state index >= 15 is 0 Å². The molecule has 2 aromatic rings. The van der Waals surface area contributed by atoms with Gasteiger partial charge in [0, 0.05) is 48.8 Å². The van der Waals surface area contributed by atoms with Gasteiger partial charge in [-0.15, -0.1) is 0 Å².